The Morgan fingerprint density at radius 1 is 1.36 bits per heavy atom. The smallest absolute Gasteiger partial charge is 0.274 e. The summed E-state index contributed by atoms with van der Waals surface area (Å²) >= 11 is 6.03. The van der Waals surface area contributed by atoms with Crippen molar-refractivity contribution in [2.24, 2.45) is 0 Å². The SMILES string of the molecule is CC(CCO)N(Cc1ccccc1)C(=O)c1ncncc1Cl. The molecule has 0 saturated heterocycles. The molecule has 116 valence electrons. The molecule has 1 atom stereocenters. The van der Waals surface area contributed by atoms with Crippen molar-refractivity contribution in [3.63, 3.8) is 0 Å². The Bertz CT molecular complexity index is 622. The number of hydrogen-bond acceptors (Lipinski definition) is 4. The molecule has 22 heavy (non-hydrogen) atoms. The molecule has 0 aliphatic rings. The van der Waals surface area contributed by atoms with Crippen molar-refractivity contribution in [2.75, 3.05) is 6.61 Å². The molecule has 1 unspecified atom stereocenters. The lowest BCUT2D eigenvalue weighted by molar-refractivity contribution is 0.0642. The predicted octanol–water partition coefficient (Wildman–Crippen LogP) is 2.54. The van der Waals surface area contributed by atoms with Crippen LogP contribution in [0.25, 0.3) is 0 Å². The molecule has 1 aromatic heterocycles. The van der Waals surface area contributed by atoms with Gasteiger partial charge in [-0.3, -0.25) is 4.79 Å². The van der Waals surface area contributed by atoms with Crippen LogP contribution in [0.5, 0.6) is 0 Å². The van der Waals surface area contributed by atoms with Crippen molar-refractivity contribution in [3.05, 3.63) is 59.1 Å². The summed E-state index contributed by atoms with van der Waals surface area (Å²) in [6.07, 6.45) is 3.19. The van der Waals surface area contributed by atoms with Gasteiger partial charge < -0.3 is 10.0 Å². The van der Waals surface area contributed by atoms with Crippen LogP contribution in [-0.2, 0) is 6.54 Å². The zero-order chi connectivity index (χ0) is 15.9. The first-order chi connectivity index (χ1) is 10.6. The van der Waals surface area contributed by atoms with Crippen LogP contribution in [0, 0.1) is 0 Å². The summed E-state index contributed by atoms with van der Waals surface area (Å²) in [5.41, 5.74) is 1.18. The molecular weight excluding hydrogens is 302 g/mol. The monoisotopic (exact) mass is 319 g/mol. The number of aliphatic hydroxyl groups is 1. The maximum atomic E-state index is 12.8. The molecule has 1 N–H and O–H groups in total. The van der Waals surface area contributed by atoms with Crippen molar-refractivity contribution in [2.45, 2.75) is 25.9 Å². The van der Waals surface area contributed by atoms with E-state index >= 15 is 0 Å². The predicted molar refractivity (Wildman–Crippen MR) is 84.5 cm³/mol. The van der Waals surface area contributed by atoms with Crippen LogP contribution >= 0.6 is 11.6 Å². The molecule has 2 rings (SSSR count). The van der Waals surface area contributed by atoms with Crippen LogP contribution in [0.4, 0.5) is 0 Å². The largest absolute Gasteiger partial charge is 0.396 e. The van der Waals surface area contributed by atoms with E-state index in [1.807, 2.05) is 37.3 Å². The third-order valence-corrected chi connectivity index (χ3v) is 3.68. The topological polar surface area (TPSA) is 66.3 Å². The Kier molecular flexibility index (Phi) is 5.86. The standard InChI is InChI=1S/C16H18ClN3O2/c1-12(7-8-21)20(10-13-5-3-2-4-6-13)16(22)15-14(17)9-18-11-19-15/h2-6,9,11-12,21H,7-8,10H2,1H3. The van der Waals surface area contributed by atoms with Crippen molar-refractivity contribution < 1.29 is 9.90 Å². The molecule has 0 radical (unpaired) electrons. The quantitative estimate of drug-likeness (QED) is 0.888. The minimum absolute atomic E-state index is 0.0112. The number of halogens is 1. The zero-order valence-electron chi connectivity index (χ0n) is 12.3. The second-order valence-corrected chi connectivity index (χ2v) is 5.41. The summed E-state index contributed by atoms with van der Waals surface area (Å²) in [6.45, 7) is 2.34. The fourth-order valence-corrected chi connectivity index (χ4v) is 2.34. The van der Waals surface area contributed by atoms with Crippen molar-refractivity contribution in [3.8, 4) is 0 Å². The van der Waals surface area contributed by atoms with E-state index < -0.39 is 0 Å². The summed E-state index contributed by atoms with van der Waals surface area (Å²) in [7, 11) is 0. The van der Waals surface area contributed by atoms with Gasteiger partial charge >= 0.3 is 0 Å². The zero-order valence-corrected chi connectivity index (χ0v) is 13.1. The first kappa shape index (κ1) is 16.4. The van der Waals surface area contributed by atoms with E-state index in [9.17, 15) is 4.79 Å². The first-order valence-electron chi connectivity index (χ1n) is 7.04. The highest BCUT2D eigenvalue weighted by Crippen LogP contribution is 2.18. The highest BCUT2D eigenvalue weighted by Gasteiger charge is 2.24. The summed E-state index contributed by atoms with van der Waals surface area (Å²) in [5.74, 6) is -0.266. The lowest BCUT2D eigenvalue weighted by Gasteiger charge is -2.29. The van der Waals surface area contributed by atoms with Crippen molar-refractivity contribution in [1.82, 2.24) is 14.9 Å². The molecule has 1 heterocycles. The average Bonchev–Trinajstić information content (AvgIpc) is 2.53. The number of rotatable bonds is 6. The Balaban J connectivity index is 2.28. The fraction of sp³-hybridized carbons (Fsp3) is 0.312. The second-order valence-electron chi connectivity index (χ2n) is 5.00. The molecule has 0 saturated carbocycles. The molecule has 2 aromatic rings. The molecule has 0 aliphatic heterocycles. The van der Waals surface area contributed by atoms with Gasteiger partial charge in [0, 0.05) is 25.4 Å². The molecule has 0 aliphatic carbocycles. The minimum atomic E-state index is -0.266. The third kappa shape index (κ3) is 4.02. The summed E-state index contributed by atoms with van der Waals surface area (Å²) in [5, 5.41) is 9.39. The van der Waals surface area contributed by atoms with Gasteiger partial charge in [0.15, 0.2) is 0 Å². The molecule has 0 bridgehead atoms. The molecule has 6 heteroatoms. The van der Waals surface area contributed by atoms with Gasteiger partial charge in [-0.2, -0.15) is 0 Å². The van der Waals surface area contributed by atoms with E-state index in [1.54, 1.807) is 4.90 Å². The molecule has 5 nitrogen and oxygen atoms in total. The Morgan fingerprint density at radius 2 is 2.09 bits per heavy atom. The van der Waals surface area contributed by atoms with E-state index in [-0.39, 0.29) is 29.3 Å². The first-order valence-corrected chi connectivity index (χ1v) is 7.42. The van der Waals surface area contributed by atoms with Gasteiger partial charge in [-0.25, -0.2) is 9.97 Å². The summed E-state index contributed by atoms with van der Waals surface area (Å²) < 4.78 is 0. The molecule has 1 amide bonds. The van der Waals surface area contributed by atoms with E-state index in [4.69, 9.17) is 16.7 Å². The van der Waals surface area contributed by atoms with E-state index in [1.165, 1.54) is 12.5 Å². The normalized spacial score (nSPS) is 12.0. The Labute approximate surface area is 134 Å². The highest BCUT2D eigenvalue weighted by molar-refractivity contribution is 6.33. The van der Waals surface area contributed by atoms with Gasteiger partial charge in [-0.15, -0.1) is 0 Å². The van der Waals surface area contributed by atoms with Crippen LogP contribution in [-0.4, -0.2) is 38.5 Å². The van der Waals surface area contributed by atoms with Gasteiger partial charge in [-0.05, 0) is 18.9 Å². The van der Waals surface area contributed by atoms with Gasteiger partial charge in [-0.1, -0.05) is 41.9 Å². The fourth-order valence-electron chi connectivity index (χ4n) is 2.16. The molecule has 0 fully saturated rings. The maximum absolute atomic E-state index is 12.8. The van der Waals surface area contributed by atoms with Gasteiger partial charge in [0.05, 0.1) is 5.02 Å². The molecule has 1 aromatic carbocycles. The van der Waals surface area contributed by atoms with E-state index in [0.717, 1.165) is 5.56 Å². The van der Waals surface area contributed by atoms with Crippen LogP contribution in [0.3, 0.4) is 0 Å². The van der Waals surface area contributed by atoms with Crippen LogP contribution in [0.1, 0.15) is 29.4 Å². The minimum Gasteiger partial charge on any atom is -0.396 e. The summed E-state index contributed by atoms with van der Waals surface area (Å²) in [4.78, 5) is 22.2. The lowest BCUT2D eigenvalue weighted by Crippen LogP contribution is -2.39. The highest BCUT2D eigenvalue weighted by atomic mass is 35.5. The number of amides is 1. The third-order valence-electron chi connectivity index (χ3n) is 3.41. The van der Waals surface area contributed by atoms with Gasteiger partial charge in [0.1, 0.15) is 12.0 Å². The van der Waals surface area contributed by atoms with Crippen LogP contribution < -0.4 is 0 Å². The van der Waals surface area contributed by atoms with Gasteiger partial charge in [0.2, 0.25) is 0 Å². The molecular formula is C16H18ClN3O2. The number of benzene rings is 1. The number of aliphatic hydroxyl groups excluding tert-OH is 1. The van der Waals surface area contributed by atoms with Crippen molar-refractivity contribution in [1.29, 1.82) is 0 Å². The number of nitrogens with zero attached hydrogens (tertiary/aromatic N) is 3. The maximum Gasteiger partial charge on any atom is 0.274 e. The Morgan fingerprint density at radius 3 is 2.73 bits per heavy atom. The summed E-state index contributed by atoms with van der Waals surface area (Å²) in [6, 6.07) is 9.54. The number of aromatic nitrogens is 2. The van der Waals surface area contributed by atoms with Crippen molar-refractivity contribution >= 4 is 17.5 Å². The second kappa shape index (κ2) is 7.87. The van der Waals surface area contributed by atoms with E-state index in [2.05, 4.69) is 9.97 Å². The Hall–Kier alpha value is -1.98. The number of carbonyl (C=O) groups excluding carboxylic acids is 1. The molecule has 0 spiro atoms. The number of carbonyl (C=O) groups is 1. The average molecular weight is 320 g/mol. The van der Waals surface area contributed by atoms with Crippen LogP contribution in [0.2, 0.25) is 5.02 Å². The van der Waals surface area contributed by atoms with Gasteiger partial charge in [0.25, 0.3) is 5.91 Å². The lowest BCUT2D eigenvalue weighted by atomic mass is 10.1. The van der Waals surface area contributed by atoms with Crippen LogP contribution in [0.15, 0.2) is 42.9 Å². The number of hydrogen-bond donors (Lipinski definition) is 1. The van der Waals surface area contributed by atoms with E-state index in [0.29, 0.717) is 13.0 Å².